The number of hydrogen-bond donors (Lipinski definition) is 0. The van der Waals surface area contributed by atoms with Crippen molar-refractivity contribution >= 4 is 5.78 Å². The Morgan fingerprint density at radius 2 is 2.07 bits per heavy atom. The van der Waals surface area contributed by atoms with Gasteiger partial charge >= 0.3 is 0 Å². The summed E-state index contributed by atoms with van der Waals surface area (Å²) in [6.45, 7) is 3.83. The molecule has 0 saturated carbocycles. The number of hydrogen-bond acceptors (Lipinski definition) is 1. The zero-order valence-corrected chi connectivity index (χ0v) is 10.0. The fraction of sp³-hybridized carbons (Fsp3) is 0.643. The van der Waals surface area contributed by atoms with Gasteiger partial charge in [0.05, 0.1) is 0 Å². The van der Waals surface area contributed by atoms with E-state index in [1.54, 1.807) is 6.92 Å². The summed E-state index contributed by atoms with van der Waals surface area (Å²) in [7, 11) is 0. The van der Waals surface area contributed by atoms with Crippen LogP contribution in [0.2, 0.25) is 0 Å². The molecule has 1 heteroatoms. The molecule has 0 bridgehead atoms. The molecule has 0 unspecified atom stereocenters. The minimum atomic E-state index is 0.243. The molecule has 0 aliphatic carbocycles. The zero-order valence-electron chi connectivity index (χ0n) is 10.0. The summed E-state index contributed by atoms with van der Waals surface area (Å²) >= 11 is 0. The van der Waals surface area contributed by atoms with E-state index >= 15 is 0 Å². The molecular formula is C14H22O. The van der Waals surface area contributed by atoms with Gasteiger partial charge in [0.2, 0.25) is 0 Å². The monoisotopic (exact) mass is 206 g/mol. The molecule has 84 valence electrons. The molecule has 15 heavy (non-hydrogen) atoms. The first-order valence-electron chi connectivity index (χ1n) is 5.90. The third-order valence-electron chi connectivity index (χ3n) is 2.12. The number of ketones is 1. The Bertz CT molecular complexity index is 240. The summed E-state index contributed by atoms with van der Waals surface area (Å²) < 4.78 is 0. The largest absolute Gasteiger partial charge is 0.300 e. The predicted molar refractivity (Wildman–Crippen MR) is 65.6 cm³/mol. The van der Waals surface area contributed by atoms with E-state index in [1.165, 1.54) is 25.7 Å². The van der Waals surface area contributed by atoms with E-state index in [1.807, 2.05) is 12.2 Å². The predicted octanol–water partition coefficient (Wildman–Crippen LogP) is 3.89. The second-order valence-electron chi connectivity index (χ2n) is 3.77. The normalized spacial score (nSPS) is 10.0. The van der Waals surface area contributed by atoms with Crippen molar-refractivity contribution in [3.63, 3.8) is 0 Å². The smallest absolute Gasteiger partial charge is 0.130 e. The van der Waals surface area contributed by atoms with Gasteiger partial charge < -0.3 is 4.79 Å². The number of unbranched alkanes of at least 4 members (excludes halogenated alkanes) is 4. The van der Waals surface area contributed by atoms with Crippen LogP contribution < -0.4 is 0 Å². The lowest BCUT2D eigenvalue weighted by Crippen LogP contribution is -1.85. The van der Waals surface area contributed by atoms with E-state index in [2.05, 4.69) is 18.8 Å². The van der Waals surface area contributed by atoms with Crippen LogP contribution in [0.3, 0.4) is 0 Å². The maximum absolute atomic E-state index is 10.6. The Morgan fingerprint density at radius 1 is 1.27 bits per heavy atom. The van der Waals surface area contributed by atoms with Crippen LogP contribution >= 0.6 is 0 Å². The van der Waals surface area contributed by atoms with E-state index in [9.17, 15) is 4.79 Å². The van der Waals surface area contributed by atoms with Crippen LogP contribution in [0.1, 0.15) is 58.8 Å². The van der Waals surface area contributed by atoms with Gasteiger partial charge in [-0.1, -0.05) is 44.1 Å². The molecule has 0 fully saturated rings. The van der Waals surface area contributed by atoms with Crippen LogP contribution in [0.5, 0.6) is 0 Å². The SMILES string of the molecule is CCCCCCC#C/C=C\CCC(C)=O. The first-order valence-corrected chi connectivity index (χ1v) is 5.90. The summed E-state index contributed by atoms with van der Waals surface area (Å²) in [5.41, 5.74) is 0. The van der Waals surface area contributed by atoms with Crippen LogP contribution in [-0.4, -0.2) is 5.78 Å². The summed E-state index contributed by atoms with van der Waals surface area (Å²) in [5.74, 6) is 6.35. The van der Waals surface area contributed by atoms with E-state index in [4.69, 9.17) is 0 Å². The molecule has 0 rings (SSSR count). The Balaban J connectivity index is 3.33. The van der Waals surface area contributed by atoms with Gasteiger partial charge in [-0.15, -0.1) is 0 Å². The van der Waals surface area contributed by atoms with Crippen molar-refractivity contribution in [3.05, 3.63) is 12.2 Å². The molecule has 0 aromatic heterocycles. The highest BCUT2D eigenvalue weighted by molar-refractivity contribution is 5.75. The summed E-state index contributed by atoms with van der Waals surface area (Å²) in [6.07, 6.45) is 11.4. The second kappa shape index (κ2) is 11.0. The van der Waals surface area contributed by atoms with Gasteiger partial charge in [0.25, 0.3) is 0 Å². The summed E-state index contributed by atoms with van der Waals surface area (Å²) in [4.78, 5) is 10.6. The van der Waals surface area contributed by atoms with Crippen LogP contribution in [0.4, 0.5) is 0 Å². The van der Waals surface area contributed by atoms with Crippen molar-refractivity contribution in [3.8, 4) is 11.8 Å². The fourth-order valence-electron chi connectivity index (χ4n) is 1.20. The number of rotatable bonds is 7. The van der Waals surface area contributed by atoms with Gasteiger partial charge in [0.15, 0.2) is 0 Å². The lowest BCUT2D eigenvalue weighted by molar-refractivity contribution is -0.116. The van der Waals surface area contributed by atoms with Crippen LogP contribution in [0, 0.1) is 11.8 Å². The van der Waals surface area contributed by atoms with Crippen LogP contribution in [0.15, 0.2) is 12.2 Å². The number of carbonyl (C=O) groups excluding carboxylic acids is 1. The molecule has 0 aliphatic rings. The average molecular weight is 206 g/mol. The maximum Gasteiger partial charge on any atom is 0.130 e. The van der Waals surface area contributed by atoms with Gasteiger partial charge in [0.1, 0.15) is 5.78 Å². The molecule has 1 nitrogen and oxygen atoms in total. The molecule has 0 aliphatic heterocycles. The zero-order chi connectivity index (χ0) is 11.4. The molecule has 0 amide bonds. The van der Waals surface area contributed by atoms with E-state index in [-0.39, 0.29) is 5.78 Å². The molecule has 0 spiro atoms. The second-order valence-corrected chi connectivity index (χ2v) is 3.77. The van der Waals surface area contributed by atoms with E-state index < -0.39 is 0 Å². The Hall–Kier alpha value is -1.03. The molecular weight excluding hydrogens is 184 g/mol. The lowest BCUT2D eigenvalue weighted by Gasteiger charge is -1.91. The van der Waals surface area contributed by atoms with Gasteiger partial charge in [-0.05, 0) is 25.8 Å². The van der Waals surface area contributed by atoms with Crippen molar-refractivity contribution in [1.29, 1.82) is 0 Å². The minimum Gasteiger partial charge on any atom is -0.300 e. The molecule has 0 saturated heterocycles. The third-order valence-corrected chi connectivity index (χ3v) is 2.12. The highest BCUT2D eigenvalue weighted by Gasteiger charge is 1.87. The number of allylic oxidation sites excluding steroid dienone is 2. The molecule has 0 N–H and O–H groups in total. The molecule has 0 radical (unpaired) electrons. The van der Waals surface area contributed by atoms with Crippen molar-refractivity contribution < 1.29 is 4.79 Å². The Morgan fingerprint density at radius 3 is 2.73 bits per heavy atom. The lowest BCUT2D eigenvalue weighted by atomic mass is 10.1. The molecule has 0 aromatic rings. The fourth-order valence-corrected chi connectivity index (χ4v) is 1.20. The summed E-state index contributed by atoms with van der Waals surface area (Å²) in [5, 5.41) is 0. The van der Waals surface area contributed by atoms with Crippen molar-refractivity contribution in [2.24, 2.45) is 0 Å². The van der Waals surface area contributed by atoms with Gasteiger partial charge in [-0.3, -0.25) is 0 Å². The van der Waals surface area contributed by atoms with E-state index in [0.29, 0.717) is 6.42 Å². The maximum atomic E-state index is 10.6. The topological polar surface area (TPSA) is 17.1 Å². The standard InChI is InChI=1S/C14H22O/c1-3-4-5-6-7-8-9-10-11-12-13-14(2)15/h10-11H,3-7,12-13H2,1-2H3/b11-10-. The molecule has 0 aromatic carbocycles. The highest BCUT2D eigenvalue weighted by atomic mass is 16.1. The van der Waals surface area contributed by atoms with Crippen LogP contribution in [-0.2, 0) is 4.79 Å². The molecule has 0 atom stereocenters. The van der Waals surface area contributed by atoms with Crippen LogP contribution in [0.25, 0.3) is 0 Å². The third kappa shape index (κ3) is 13.0. The van der Waals surface area contributed by atoms with Crippen molar-refractivity contribution in [2.75, 3.05) is 0 Å². The number of Topliss-reactive ketones (excluding diaryl/α,β-unsaturated/α-hetero) is 1. The number of carbonyl (C=O) groups is 1. The Labute approximate surface area is 94.0 Å². The Kier molecular flexibility index (Phi) is 10.3. The first kappa shape index (κ1) is 14.0. The van der Waals surface area contributed by atoms with Gasteiger partial charge in [-0.2, -0.15) is 0 Å². The van der Waals surface area contributed by atoms with Gasteiger partial charge in [-0.25, -0.2) is 0 Å². The van der Waals surface area contributed by atoms with E-state index in [0.717, 1.165) is 12.8 Å². The highest BCUT2D eigenvalue weighted by Crippen LogP contribution is 2.00. The first-order chi connectivity index (χ1) is 7.27. The molecule has 0 heterocycles. The van der Waals surface area contributed by atoms with Crippen molar-refractivity contribution in [1.82, 2.24) is 0 Å². The van der Waals surface area contributed by atoms with Crippen molar-refractivity contribution in [2.45, 2.75) is 58.8 Å². The minimum absolute atomic E-state index is 0.243. The quantitative estimate of drug-likeness (QED) is 0.456. The summed E-state index contributed by atoms with van der Waals surface area (Å²) in [6, 6.07) is 0. The van der Waals surface area contributed by atoms with Gasteiger partial charge in [0, 0.05) is 12.8 Å². The average Bonchev–Trinajstić information content (AvgIpc) is 2.20.